The summed E-state index contributed by atoms with van der Waals surface area (Å²) in [5, 5.41) is 0. The number of fused-ring (bicyclic) bond motifs is 1. The Morgan fingerprint density at radius 1 is 1.40 bits per heavy atom. The van der Waals surface area contributed by atoms with Crippen LogP contribution in [0.15, 0.2) is 36.5 Å². The maximum Gasteiger partial charge on any atom is 0.418 e. The van der Waals surface area contributed by atoms with Crippen molar-refractivity contribution in [2.45, 2.75) is 12.8 Å². The Bertz CT molecular complexity index is 412. The van der Waals surface area contributed by atoms with Gasteiger partial charge in [-0.2, -0.15) is 0 Å². The highest BCUT2D eigenvalue weighted by Gasteiger charge is 2.22. The van der Waals surface area contributed by atoms with Crippen LogP contribution in [-0.4, -0.2) is 13.2 Å². The molecule has 1 atom stereocenters. The van der Waals surface area contributed by atoms with E-state index in [4.69, 9.17) is 4.74 Å². The fourth-order valence-corrected chi connectivity index (χ4v) is 1.75. The molecule has 15 heavy (non-hydrogen) atoms. The van der Waals surface area contributed by atoms with E-state index in [1.807, 2.05) is 30.3 Å². The molecule has 1 amide bonds. The summed E-state index contributed by atoms with van der Waals surface area (Å²) in [6, 6.07) is 7.84. The molecule has 0 fully saturated rings. The van der Waals surface area contributed by atoms with Crippen LogP contribution in [0.25, 0.3) is 0 Å². The molecule has 0 radical (unpaired) electrons. The molecule has 3 heteroatoms. The topological polar surface area (TPSA) is 29.5 Å². The van der Waals surface area contributed by atoms with Gasteiger partial charge in [0.05, 0.1) is 12.8 Å². The summed E-state index contributed by atoms with van der Waals surface area (Å²) in [5.74, 6) is 0.335. The summed E-state index contributed by atoms with van der Waals surface area (Å²) in [7, 11) is 1.39. The molecular formula is C12H13NO2. The number of hydrogen-bond donors (Lipinski definition) is 0. The van der Waals surface area contributed by atoms with Crippen molar-refractivity contribution in [2.75, 3.05) is 12.0 Å². The summed E-state index contributed by atoms with van der Waals surface area (Å²) < 4.78 is 4.72. The lowest BCUT2D eigenvalue weighted by Crippen LogP contribution is -2.28. The van der Waals surface area contributed by atoms with Crippen LogP contribution in [0.1, 0.15) is 18.4 Å². The number of benzene rings is 1. The number of amides is 1. The molecule has 78 valence electrons. The normalized spacial score (nSPS) is 18.5. The van der Waals surface area contributed by atoms with Crippen LogP contribution in [0.3, 0.4) is 0 Å². The largest absolute Gasteiger partial charge is 0.452 e. The molecule has 1 aromatic carbocycles. The summed E-state index contributed by atoms with van der Waals surface area (Å²) in [4.78, 5) is 13.0. The highest BCUT2D eigenvalue weighted by Crippen LogP contribution is 2.32. The molecule has 0 saturated carbocycles. The van der Waals surface area contributed by atoms with E-state index in [2.05, 4.69) is 6.92 Å². The first-order valence-corrected chi connectivity index (χ1v) is 4.88. The number of rotatable bonds is 0. The van der Waals surface area contributed by atoms with Crippen molar-refractivity contribution < 1.29 is 9.53 Å². The molecule has 0 bridgehead atoms. The minimum atomic E-state index is -0.356. The second kappa shape index (κ2) is 3.77. The number of hydrogen-bond acceptors (Lipinski definition) is 2. The molecule has 3 nitrogen and oxygen atoms in total. The van der Waals surface area contributed by atoms with E-state index < -0.39 is 0 Å². The SMILES string of the molecule is COC(=O)N1C=CC(C)c2ccccc21. The minimum absolute atomic E-state index is 0.335. The van der Waals surface area contributed by atoms with Gasteiger partial charge >= 0.3 is 6.09 Å². The summed E-state index contributed by atoms with van der Waals surface area (Å²) >= 11 is 0. The Balaban J connectivity index is 2.45. The highest BCUT2D eigenvalue weighted by atomic mass is 16.5. The Kier molecular flexibility index (Phi) is 2.46. The van der Waals surface area contributed by atoms with Crippen molar-refractivity contribution in [3.8, 4) is 0 Å². The van der Waals surface area contributed by atoms with Gasteiger partial charge in [0.1, 0.15) is 0 Å². The average molecular weight is 203 g/mol. The Morgan fingerprint density at radius 3 is 2.87 bits per heavy atom. The van der Waals surface area contributed by atoms with Gasteiger partial charge in [0.15, 0.2) is 0 Å². The van der Waals surface area contributed by atoms with Crippen molar-refractivity contribution in [3.63, 3.8) is 0 Å². The van der Waals surface area contributed by atoms with E-state index >= 15 is 0 Å². The molecule has 1 unspecified atom stereocenters. The first-order valence-electron chi connectivity index (χ1n) is 4.88. The van der Waals surface area contributed by atoms with Crippen molar-refractivity contribution >= 4 is 11.8 Å². The van der Waals surface area contributed by atoms with Crippen LogP contribution in [-0.2, 0) is 4.74 Å². The van der Waals surface area contributed by atoms with Gasteiger partial charge in [0.25, 0.3) is 0 Å². The van der Waals surface area contributed by atoms with Gasteiger partial charge in [-0.1, -0.05) is 31.2 Å². The zero-order valence-electron chi connectivity index (χ0n) is 8.81. The third-order valence-electron chi connectivity index (χ3n) is 2.58. The minimum Gasteiger partial charge on any atom is -0.452 e. The Labute approximate surface area is 89.0 Å². The zero-order valence-corrected chi connectivity index (χ0v) is 8.81. The highest BCUT2D eigenvalue weighted by molar-refractivity contribution is 5.91. The second-order valence-electron chi connectivity index (χ2n) is 3.53. The predicted molar refractivity (Wildman–Crippen MR) is 58.9 cm³/mol. The van der Waals surface area contributed by atoms with Crippen LogP contribution in [0.2, 0.25) is 0 Å². The van der Waals surface area contributed by atoms with Gasteiger partial charge < -0.3 is 4.74 Å². The first kappa shape index (κ1) is 9.77. The van der Waals surface area contributed by atoms with E-state index in [1.54, 1.807) is 6.20 Å². The third-order valence-corrected chi connectivity index (χ3v) is 2.58. The molecular weight excluding hydrogens is 190 g/mol. The van der Waals surface area contributed by atoms with E-state index in [0.29, 0.717) is 5.92 Å². The van der Waals surface area contributed by atoms with E-state index in [1.165, 1.54) is 12.0 Å². The lowest BCUT2D eigenvalue weighted by molar-refractivity contribution is 0.181. The van der Waals surface area contributed by atoms with Crippen molar-refractivity contribution in [2.24, 2.45) is 0 Å². The van der Waals surface area contributed by atoms with Crippen molar-refractivity contribution in [3.05, 3.63) is 42.1 Å². The van der Waals surface area contributed by atoms with Gasteiger partial charge in [-0.05, 0) is 11.6 Å². The van der Waals surface area contributed by atoms with Gasteiger partial charge in [0, 0.05) is 12.1 Å². The van der Waals surface area contributed by atoms with Crippen LogP contribution in [0.5, 0.6) is 0 Å². The van der Waals surface area contributed by atoms with Crippen molar-refractivity contribution in [1.29, 1.82) is 0 Å². The van der Waals surface area contributed by atoms with Crippen LogP contribution in [0.4, 0.5) is 10.5 Å². The number of nitrogens with zero attached hydrogens (tertiary/aromatic N) is 1. The van der Waals surface area contributed by atoms with Crippen LogP contribution in [0, 0.1) is 0 Å². The lowest BCUT2D eigenvalue weighted by Gasteiger charge is -2.26. The molecule has 2 rings (SSSR count). The molecule has 1 heterocycles. The molecule has 1 aliphatic heterocycles. The molecule has 0 spiro atoms. The van der Waals surface area contributed by atoms with Gasteiger partial charge in [-0.3, -0.25) is 4.90 Å². The number of anilines is 1. The Morgan fingerprint density at radius 2 is 2.13 bits per heavy atom. The second-order valence-corrected chi connectivity index (χ2v) is 3.53. The average Bonchev–Trinajstić information content (AvgIpc) is 2.29. The van der Waals surface area contributed by atoms with Crippen LogP contribution < -0.4 is 4.90 Å². The molecule has 1 aromatic rings. The first-order chi connectivity index (χ1) is 7.24. The number of carbonyl (C=O) groups is 1. The lowest BCUT2D eigenvalue weighted by atomic mass is 9.96. The van der Waals surface area contributed by atoms with Crippen LogP contribution >= 0.6 is 0 Å². The van der Waals surface area contributed by atoms with Gasteiger partial charge in [-0.15, -0.1) is 0 Å². The fraction of sp³-hybridized carbons (Fsp3) is 0.250. The molecule has 0 saturated heterocycles. The smallest absolute Gasteiger partial charge is 0.418 e. The Hall–Kier alpha value is -1.77. The molecule has 0 aliphatic carbocycles. The number of methoxy groups -OCH3 is 1. The maximum absolute atomic E-state index is 11.5. The molecule has 0 aromatic heterocycles. The predicted octanol–water partition coefficient (Wildman–Crippen LogP) is 2.89. The summed E-state index contributed by atoms with van der Waals surface area (Å²) in [6.45, 7) is 2.10. The fourth-order valence-electron chi connectivity index (χ4n) is 1.75. The zero-order chi connectivity index (χ0) is 10.8. The summed E-state index contributed by atoms with van der Waals surface area (Å²) in [5.41, 5.74) is 2.05. The number of allylic oxidation sites excluding steroid dienone is 1. The number of ether oxygens (including phenoxy) is 1. The monoisotopic (exact) mass is 203 g/mol. The van der Waals surface area contributed by atoms with Gasteiger partial charge in [0.2, 0.25) is 0 Å². The van der Waals surface area contributed by atoms with E-state index in [0.717, 1.165) is 11.3 Å². The quantitative estimate of drug-likeness (QED) is 0.648. The summed E-state index contributed by atoms with van der Waals surface area (Å²) in [6.07, 6.45) is 3.39. The molecule has 0 N–H and O–H groups in total. The molecule has 1 aliphatic rings. The maximum atomic E-state index is 11.5. The standard InChI is InChI=1S/C12H13NO2/c1-9-7-8-13(12(14)15-2)11-6-4-3-5-10(9)11/h3-9H,1-2H3. The van der Waals surface area contributed by atoms with E-state index in [9.17, 15) is 4.79 Å². The number of carbonyl (C=O) groups excluding carboxylic acids is 1. The van der Waals surface area contributed by atoms with Gasteiger partial charge in [-0.25, -0.2) is 4.79 Å². The number of para-hydroxylation sites is 1. The van der Waals surface area contributed by atoms with E-state index in [-0.39, 0.29) is 6.09 Å². The third kappa shape index (κ3) is 1.61. The van der Waals surface area contributed by atoms with Crippen molar-refractivity contribution in [1.82, 2.24) is 0 Å².